The summed E-state index contributed by atoms with van der Waals surface area (Å²) in [6.45, 7) is 4.72. The first-order valence-corrected chi connectivity index (χ1v) is 11.5. The molecule has 9 heteroatoms. The zero-order chi connectivity index (χ0) is 22.7. The quantitative estimate of drug-likeness (QED) is 0.579. The fourth-order valence-corrected chi connectivity index (χ4v) is 4.76. The average molecular weight is 444 g/mol. The Morgan fingerprint density at radius 3 is 2.84 bits per heavy atom. The second-order valence-corrected chi connectivity index (χ2v) is 8.79. The van der Waals surface area contributed by atoms with E-state index in [1.54, 1.807) is 11.6 Å². The third-order valence-electron chi connectivity index (χ3n) is 6.55. The van der Waals surface area contributed by atoms with Gasteiger partial charge in [-0.25, -0.2) is 4.79 Å². The van der Waals surface area contributed by atoms with E-state index in [9.17, 15) is 14.4 Å². The van der Waals surface area contributed by atoms with Crippen molar-refractivity contribution >= 4 is 22.8 Å². The van der Waals surface area contributed by atoms with Gasteiger partial charge in [-0.3, -0.25) is 28.9 Å². The van der Waals surface area contributed by atoms with E-state index in [4.69, 9.17) is 4.74 Å². The van der Waals surface area contributed by atoms with Gasteiger partial charge in [0, 0.05) is 26.6 Å². The topological polar surface area (TPSA) is 97.6 Å². The molecule has 0 saturated carbocycles. The van der Waals surface area contributed by atoms with Crippen molar-refractivity contribution in [3.63, 3.8) is 0 Å². The van der Waals surface area contributed by atoms with Gasteiger partial charge in [-0.1, -0.05) is 6.07 Å². The molecule has 2 atom stereocenters. The molecular formula is C23H33N5O4. The molecule has 32 heavy (non-hydrogen) atoms. The first-order valence-electron chi connectivity index (χ1n) is 11.5. The van der Waals surface area contributed by atoms with Crippen LogP contribution < -0.4 is 16.3 Å². The van der Waals surface area contributed by atoms with Crippen molar-refractivity contribution in [1.29, 1.82) is 0 Å². The largest absolute Gasteiger partial charge is 0.376 e. The van der Waals surface area contributed by atoms with Crippen LogP contribution in [0.25, 0.3) is 11.0 Å². The Balaban J connectivity index is 1.42. The minimum Gasteiger partial charge on any atom is -0.376 e. The average Bonchev–Trinajstić information content (AvgIpc) is 3.03. The molecule has 1 aromatic heterocycles. The van der Waals surface area contributed by atoms with Crippen LogP contribution in [0.2, 0.25) is 0 Å². The number of fused-ring (bicyclic) bond motifs is 1. The van der Waals surface area contributed by atoms with Crippen LogP contribution >= 0.6 is 0 Å². The Morgan fingerprint density at radius 1 is 1.22 bits per heavy atom. The summed E-state index contributed by atoms with van der Waals surface area (Å²) in [5.41, 5.74) is 2.49. The van der Waals surface area contributed by atoms with Gasteiger partial charge in [0.25, 0.3) is 0 Å². The van der Waals surface area contributed by atoms with E-state index in [0.717, 1.165) is 63.1 Å². The van der Waals surface area contributed by atoms with Crippen LogP contribution in [0.5, 0.6) is 0 Å². The summed E-state index contributed by atoms with van der Waals surface area (Å²) < 4.78 is 8.97. The van der Waals surface area contributed by atoms with Crippen LogP contribution in [0.3, 0.4) is 0 Å². The van der Waals surface area contributed by atoms with E-state index in [1.165, 1.54) is 10.1 Å². The molecule has 174 valence electrons. The molecule has 2 N–H and O–H groups in total. The molecule has 2 aliphatic heterocycles. The Hall–Kier alpha value is -2.49. The monoisotopic (exact) mass is 443 g/mol. The predicted octanol–water partition coefficient (Wildman–Crippen LogP) is 0.561. The standard InChI is InChI=1S/C23H33N5O4/c1-24-10-9-17-15-27(12-13-32-17)11-3-4-16-5-6-18-20(14-16)26(2)23(31)28(18)19-7-8-21(29)25-22(19)30/h5-6,14,17,19,24H,3-4,7-13,15H2,1-2H3,(H,25,29,30)/t17-,19?/m1/s1. The van der Waals surface area contributed by atoms with E-state index < -0.39 is 11.9 Å². The second-order valence-electron chi connectivity index (χ2n) is 8.79. The number of ether oxygens (including phenoxy) is 1. The molecule has 2 aromatic rings. The van der Waals surface area contributed by atoms with Crippen molar-refractivity contribution < 1.29 is 14.3 Å². The maximum Gasteiger partial charge on any atom is 0.329 e. The van der Waals surface area contributed by atoms with Gasteiger partial charge in [0.15, 0.2) is 0 Å². The first-order chi connectivity index (χ1) is 15.5. The summed E-state index contributed by atoms with van der Waals surface area (Å²) in [6.07, 6.45) is 3.88. The number of carbonyl (C=O) groups excluding carboxylic acids is 2. The summed E-state index contributed by atoms with van der Waals surface area (Å²) in [6, 6.07) is 5.37. The number of rotatable bonds is 8. The van der Waals surface area contributed by atoms with Crippen molar-refractivity contribution in [2.45, 2.75) is 44.2 Å². The summed E-state index contributed by atoms with van der Waals surface area (Å²) >= 11 is 0. The van der Waals surface area contributed by atoms with Crippen LogP contribution in [-0.2, 0) is 27.8 Å². The lowest BCUT2D eigenvalue weighted by atomic mass is 10.0. The number of piperidine rings is 1. The third kappa shape index (κ3) is 4.79. The van der Waals surface area contributed by atoms with Gasteiger partial charge in [0.1, 0.15) is 6.04 Å². The van der Waals surface area contributed by atoms with Crippen molar-refractivity contribution in [2.75, 3.05) is 39.8 Å². The molecule has 0 spiro atoms. The van der Waals surface area contributed by atoms with E-state index in [2.05, 4.69) is 15.5 Å². The molecule has 2 amide bonds. The van der Waals surface area contributed by atoms with E-state index >= 15 is 0 Å². The summed E-state index contributed by atoms with van der Waals surface area (Å²) in [5.74, 6) is -0.686. The first kappa shape index (κ1) is 22.7. The Kier molecular flexibility index (Phi) is 7.07. The Bertz CT molecular complexity index is 1040. The Labute approximate surface area is 187 Å². The zero-order valence-electron chi connectivity index (χ0n) is 18.9. The number of hydrogen-bond donors (Lipinski definition) is 2. The lowest BCUT2D eigenvalue weighted by molar-refractivity contribution is -0.135. The van der Waals surface area contributed by atoms with Crippen molar-refractivity contribution in [2.24, 2.45) is 7.05 Å². The molecule has 0 radical (unpaired) electrons. The molecule has 1 unspecified atom stereocenters. The second kappa shape index (κ2) is 9.97. The number of hydrogen-bond acceptors (Lipinski definition) is 6. The van der Waals surface area contributed by atoms with Gasteiger partial charge in [0.05, 0.1) is 23.7 Å². The number of morpholine rings is 1. The predicted molar refractivity (Wildman–Crippen MR) is 122 cm³/mol. The van der Waals surface area contributed by atoms with Crippen molar-refractivity contribution in [3.05, 3.63) is 34.2 Å². The van der Waals surface area contributed by atoms with E-state index in [0.29, 0.717) is 12.5 Å². The molecule has 2 fully saturated rings. The highest BCUT2D eigenvalue weighted by molar-refractivity contribution is 6.00. The molecule has 0 bridgehead atoms. The van der Waals surface area contributed by atoms with E-state index in [1.807, 2.05) is 25.2 Å². The van der Waals surface area contributed by atoms with Crippen LogP contribution in [0.15, 0.2) is 23.0 Å². The molecular weight excluding hydrogens is 410 g/mol. The molecule has 0 aliphatic carbocycles. The van der Waals surface area contributed by atoms with Crippen molar-refractivity contribution in [3.8, 4) is 0 Å². The minimum absolute atomic E-state index is 0.229. The number of aromatic nitrogens is 2. The number of aryl methyl sites for hydroxylation is 2. The van der Waals surface area contributed by atoms with Gasteiger partial charge in [-0.15, -0.1) is 0 Å². The van der Waals surface area contributed by atoms with Crippen molar-refractivity contribution in [1.82, 2.24) is 24.7 Å². The summed E-state index contributed by atoms with van der Waals surface area (Å²) in [5, 5.41) is 5.53. The highest BCUT2D eigenvalue weighted by Gasteiger charge is 2.31. The van der Waals surface area contributed by atoms with Gasteiger partial charge in [-0.2, -0.15) is 0 Å². The molecule has 3 heterocycles. The number of carbonyl (C=O) groups is 2. The fraction of sp³-hybridized carbons (Fsp3) is 0.609. The number of imide groups is 1. The third-order valence-corrected chi connectivity index (χ3v) is 6.55. The smallest absolute Gasteiger partial charge is 0.329 e. The number of amides is 2. The van der Waals surface area contributed by atoms with Crippen LogP contribution in [0.1, 0.15) is 37.3 Å². The highest BCUT2D eigenvalue weighted by atomic mass is 16.5. The highest BCUT2D eigenvalue weighted by Crippen LogP contribution is 2.24. The fourth-order valence-electron chi connectivity index (χ4n) is 4.76. The lowest BCUT2D eigenvalue weighted by Crippen LogP contribution is -2.44. The lowest BCUT2D eigenvalue weighted by Gasteiger charge is -2.33. The molecule has 9 nitrogen and oxygen atoms in total. The summed E-state index contributed by atoms with van der Waals surface area (Å²) in [4.78, 5) is 39.2. The molecule has 2 aliphatic rings. The van der Waals surface area contributed by atoms with Gasteiger partial charge < -0.3 is 10.1 Å². The number of imidazole rings is 1. The van der Waals surface area contributed by atoms with E-state index in [-0.39, 0.29) is 18.0 Å². The molecule has 2 saturated heterocycles. The Morgan fingerprint density at radius 2 is 2.06 bits per heavy atom. The number of nitrogens with one attached hydrogen (secondary N) is 2. The van der Waals surface area contributed by atoms with Gasteiger partial charge >= 0.3 is 5.69 Å². The van der Waals surface area contributed by atoms with Crippen LogP contribution in [0.4, 0.5) is 0 Å². The van der Waals surface area contributed by atoms with Gasteiger partial charge in [0.2, 0.25) is 11.8 Å². The van der Waals surface area contributed by atoms with Crippen LogP contribution in [-0.4, -0.2) is 71.8 Å². The molecule has 1 aromatic carbocycles. The number of nitrogens with zero attached hydrogens (tertiary/aromatic N) is 3. The SMILES string of the molecule is CNCC[C@@H]1CN(CCCc2ccc3c(c2)n(C)c(=O)n3C2CCC(=O)NC2=O)CCO1. The maximum absolute atomic E-state index is 12.9. The van der Waals surface area contributed by atoms with Crippen LogP contribution in [0, 0.1) is 0 Å². The molecule has 4 rings (SSSR count). The number of benzene rings is 1. The zero-order valence-corrected chi connectivity index (χ0v) is 18.9. The normalized spacial score (nSPS) is 22.4. The van der Waals surface area contributed by atoms with Gasteiger partial charge in [-0.05, 0) is 63.5 Å². The minimum atomic E-state index is -0.646. The maximum atomic E-state index is 12.9. The summed E-state index contributed by atoms with van der Waals surface area (Å²) in [7, 11) is 3.70.